The number of aromatic amines is 1. The van der Waals surface area contributed by atoms with Gasteiger partial charge in [0.25, 0.3) is 0 Å². The average Bonchev–Trinajstić information content (AvgIpc) is 2.57. The Balaban J connectivity index is 2.47. The van der Waals surface area contributed by atoms with Crippen molar-refractivity contribution in [3.63, 3.8) is 0 Å². The zero-order valence-corrected chi connectivity index (χ0v) is 11.6. The van der Waals surface area contributed by atoms with Crippen molar-refractivity contribution in [3.8, 4) is 0 Å². The van der Waals surface area contributed by atoms with Crippen LogP contribution in [0.1, 0.15) is 19.4 Å². The molecule has 0 aliphatic heterocycles. The molecular formula is C13H17FN2OS. The molecular weight excluding hydrogens is 251 g/mol. The molecule has 1 aromatic heterocycles. The molecule has 5 heteroatoms. The largest absolute Gasteiger partial charge is 0.377 e. The first-order valence-electron chi connectivity index (χ1n) is 6.03. The van der Waals surface area contributed by atoms with Crippen LogP contribution in [0.25, 0.3) is 11.0 Å². The molecule has 0 saturated heterocycles. The topological polar surface area (TPSA) is 29.9 Å². The fraction of sp³-hybridized carbons (Fsp3) is 0.462. The van der Waals surface area contributed by atoms with E-state index >= 15 is 0 Å². The number of aryl methyl sites for hydroxylation is 1. The lowest BCUT2D eigenvalue weighted by molar-refractivity contribution is 0.0645. The summed E-state index contributed by atoms with van der Waals surface area (Å²) in [7, 11) is 0. The van der Waals surface area contributed by atoms with Crippen LogP contribution in [0.5, 0.6) is 0 Å². The third kappa shape index (κ3) is 2.47. The van der Waals surface area contributed by atoms with Gasteiger partial charge in [-0.3, -0.25) is 0 Å². The molecule has 98 valence electrons. The summed E-state index contributed by atoms with van der Waals surface area (Å²) in [5.41, 5.74) is 2.27. The quantitative estimate of drug-likeness (QED) is 0.859. The van der Waals surface area contributed by atoms with Crippen molar-refractivity contribution in [2.75, 3.05) is 6.61 Å². The Morgan fingerprint density at radius 2 is 2.22 bits per heavy atom. The number of fused-ring (bicyclic) bond motifs is 1. The standard InChI is InChI=1S/C13H17FN2OS/c1-4-17-9(3)7-16-12-5-8(2)10(14)6-11(12)15-13(16)18/h5-6,9H,4,7H2,1-3H3,(H,15,18). The molecule has 0 saturated carbocycles. The predicted molar refractivity (Wildman–Crippen MR) is 72.9 cm³/mol. The molecule has 2 aromatic rings. The normalized spacial score (nSPS) is 13.1. The van der Waals surface area contributed by atoms with Crippen molar-refractivity contribution in [1.82, 2.24) is 9.55 Å². The van der Waals surface area contributed by atoms with Crippen LogP contribution in [-0.4, -0.2) is 22.3 Å². The first-order chi connectivity index (χ1) is 8.52. The van der Waals surface area contributed by atoms with Gasteiger partial charge in [-0.05, 0) is 50.7 Å². The summed E-state index contributed by atoms with van der Waals surface area (Å²) in [5, 5.41) is 0. The maximum Gasteiger partial charge on any atom is 0.178 e. The van der Waals surface area contributed by atoms with E-state index < -0.39 is 0 Å². The zero-order valence-electron chi connectivity index (χ0n) is 10.8. The highest BCUT2D eigenvalue weighted by atomic mass is 32.1. The molecule has 0 aliphatic rings. The van der Waals surface area contributed by atoms with E-state index in [1.807, 2.05) is 24.5 Å². The number of ether oxygens (including phenoxy) is 1. The molecule has 1 N–H and O–H groups in total. The van der Waals surface area contributed by atoms with Gasteiger partial charge in [0.15, 0.2) is 4.77 Å². The van der Waals surface area contributed by atoms with E-state index in [9.17, 15) is 4.39 Å². The van der Waals surface area contributed by atoms with E-state index in [1.54, 1.807) is 6.92 Å². The van der Waals surface area contributed by atoms with Gasteiger partial charge in [-0.2, -0.15) is 0 Å². The number of H-pyrrole nitrogens is 1. The summed E-state index contributed by atoms with van der Waals surface area (Å²) in [6.45, 7) is 7.05. The number of hydrogen-bond donors (Lipinski definition) is 1. The van der Waals surface area contributed by atoms with Crippen molar-refractivity contribution < 1.29 is 9.13 Å². The van der Waals surface area contributed by atoms with E-state index in [-0.39, 0.29) is 11.9 Å². The molecule has 1 unspecified atom stereocenters. The molecule has 1 atom stereocenters. The SMILES string of the molecule is CCOC(C)Cn1c(=S)[nH]c2cc(F)c(C)cc21. The van der Waals surface area contributed by atoms with E-state index in [0.29, 0.717) is 23.5 Å². The highest BCUT2D eigenvalue weighted by Gasteiger charge is 2.10. The van der Waals surface area contributed by atoms with Gasteiger partial charge in [0, 0.05) is 6.61 Å². The molecule has 1 aromatic carbocycles. The minimum absolute atomic E-state index is 0.0751. The van der Waals surface area contributed by atoms with Gasteiger partial charge in [0.1, 0.15) is 5.82 Å². The Kier molecular flexibility index (Phi) is 3.82. The zero-order chi connectivity index (χ0) is 13.3. The van der Waals surface area contributed by atoms with Crippen molar-refractivity contribution in [2.24, 2.45) is 0 Å². The van der Waals surface area contributed by atoms with Crippen LogP contribution in [0.2, 0.25) is 0 Å². The van der Waals surface area contributed by atoms with Crippen molar-refractivity contribution in [1.29, 1.82) is 0 Å². The lowest BCUT2D eigenvalue weighted by Crippen LogP contribution is -2.16. The lowest BCUT2D eigenvalue weighted by atomic mass is 10.2. The van der Waals surface area contributed by atoms with Gasteiger partial charge in [-0.1, -0.05) is 0 Å². The number of imidazole rings is 1. The molecule has 3 nitrogen and oxygen atoms in total. The third-order valence-electron chi connectivity index (χ3n) is 2.95. The number of nitrogens with one attached hydrogen (secondary N) is 1. The minimum atomic E-state index is -0.219. The van der Waals surface area contributed by atoms with Crippen LogP contribution in [0.3, 0.4) is 0 Å². The Morgan fingerprint density at radius 3 is 2.89 bits per heavy atom. The van der Waals surface area contributed by atoms with Crippen LogP contribution in [0.4, 0.5) is 4.39 Å². The highest BCUT2D eigenvalue weighted by molar-refractivity contribution is 7.71. The first-order valence-corrected chi connectivity index (χ1v) is 6.44. The maximum absolute atomic E-state index is 13.5. The van der Waals surface area contributed by atoms with Crippen LogP contribution in [0, 0.1) is 17.5 Å². The number of rotatable bonds is 4. The Hall–Kier alpha value is -1.20. The number of benzene rings is 1. The van der Waals surface area contributed by atoms with Gasteiger partial charge in [-0.25, -0.2) is 4.39 Å². The molecule has 0 bridgehead atoms. The van der Waals surface area contributed by atoms with Crippen LogP contribution in [-0.2, 0) is 11.3 Å². The number of nitrogens with zero attached hydrogens (tertiary/aromatic N) is 1. The van der Waals surface area contributed by atoms with Gasteiger partial charge >= 0.3 is 0 Å². The van der Waals surface area contributed by atoms with Gasteiger partial charge in [-0.15, -0.1) is 0 Å². The van der Waals surface area contributed by atoms with E-state index in [2.05, 4.69) is 4.98 Å². The molecule has 0 radical (unpaired) electrons. The highest BCUT2D eigenvalue weighted by Crippen LogP contribution is 2.19. The fourth-order valence-corrected chi connectivity index (χ4v) is 2.34. The molecule has 2 rings (SSSR count). The predicted octanol–water partition coefficient (Wildman–Crippen LogP) is 3.57. The molecule has 0 aliphatic carbocycles. The number of halogens is 1. The fourth-order valence-electron chi connectivity index (χ4n) is 2.06. The number of hydrogen-bond acceptors (Lipinski definition) is 2. The second kappa shape index (κ2) is 5.20. The van der Waals surface area contributed by atoms with Crippen molar-refractivity contribution in [2.45, 2.75) is 33.4 Å². The van der Waals surface area contributed by atoms with Crippen LogP contribution < -0.4 is 0 Å². The molecule has 18 heavy (non-hydrogen) atoms. The molecule has 1 heterocycles. The molecule has 0 spiro atoms. The van der Waals surface area contributed by atoms with Crippen molar-refractivity contribution in [3.05, 3.63) is 28.3 Å². The number of aromatic nitrogens is 2. The first kappa shape index (κ1) is 13.2. The Labute approximate surface area is 111 Å². The molecule has 0 fully saturated rings. The van der Waals surface area contributed by atoms with E-state index in [0.717, 1.165) is 11.0 Å². The Morgan fingerprint density at radius 1 is 1.50 bits per heavy atom. The van der Waals surface area contributed by atoms with Gasteiger partial charge in [0.2, 0.25) is 0 Å². The third-order valence-corrected chi connectivity index (χ3v) is 3.27. The maximum atomic E-state index is 13.5. The smallest absolute Gasteiger partial charge is 0.178 e. The average molecular weight is 268 g/mol. The van der Waals surface area contributed by atoms with Crippen molar-refractivity contribution >= 4 is 23.3 Å². The van der Waals surface area contributed by atoms with Crippen LogP contribution in [0.15, 0.2) is 12.1 Å². The lowest BCUT2D eigenvalue weighted by Gasteiger charge is -2.13. The summed E-state index contributed by atoms with van der Waals surface area (Å²) in [5.74, 6) is -0.219. The van der Waals surface area contributed by atoms with E-state index in [1.165, 1.54) is 6.07 Å². The molecule has 0 amide bonds. The summed E-state index contributed by atoms with van der Waals surface area (Å²) in [4.78, 5) is 3.02. The van der Waals surface area contributed by atoms with Crippen LogP contribution >= 0.6 is 12.2 Å². The second-order valence-electron chi connectivity index (χ2n) is 4.43. The van der Waals surface area contributed by atoms with E-state index in [4.69, 9.17) is 17.0 Å². The van der Waals surface area contributed by atoms with Gasteiger partial charge < -0.3 is 14.3 Å². The monoisotopic (exact) mass is 268 g/mol. The summed E-state index contributed by atoms with van der Waals surface area (Å²) in [6, 6.07) is 3.30. The summed E-state index contributed by atoms with van der Waals surface area (Å²) < 4.78 is 21.6. The Bertz CT molecular complexity index is 617. The summed E-state index contributed by atoms with van der Waals surface area (Å²) in [6.07, 6.45) is 0.0751. The minimum Gasteiger partial charge on any atom is -0.377 e. The van der Waals surface area contributed by atoms with Gasteiger partial charge in [0.05, 0.1) is 23.7 Å². The second-order valence-corrected chi connectivity index (χ2v) is 4.81. The summed E-state index contributed by atoms with van der Waals surface area (Å²) >= 11 is 5.27.